The number of aromatic nitrogens is 2. The van der Waals surface area contributed by atoms with E-state index in [0.717, 1.165) is 11.3 Å². The van der Waals surface area contributed by atoms with Crippen molar-refractivity contribution in [1.82, 2.24) is 9.97 Å². The molecule has 2 heterocycles. The van der Waals surface area contributed by atoms with Crippen molar-refractivity contribution in [1.29, 1.82) is 0 Å². The van der Waals surface area contributed by atoms with E-state index < -0.39 is 11.9 Å². The van der Waals surface area contributed by atoms with Gasteiger partial charge in [0.15, 0.2) is 0 Å². The number of ether oxygens (including phenoxy) is 2. The van der Waals surface area contributed by atoms with Crippen LogP contribution in [-0.2, 0) is 0 Å². The van der Waals surface area contributed by atoms with Gasteiger partial charge in [-0.25, -0.2) is 9.78 Å². The van der Waals surface area contributed by atoms with Crippen molar-refractivity contribution in [2.24, 2.45) is 11.5 Å². The van der Waals surface area contributed by atoms with Crippen LogP contribution in [0.25, 0.3) is 10.4 Å². The monoisotopic (exact) mass is 323 g/mol. The summed E-state index contributed by atoms with van der Waals surface area (Å²) in [6, 6.07) is 0.850. The molecule has 0 aliphatic carbocycles. The highest BCUT2D eigenvalue weighted by atomic mass is 32.1. The average Bonchev–Trinajstić information content (AvgIpc) is 2.89. The van der Waals surface area contributed by atoms with Crippen LogP contribution in [0.4, 0.5) is 9.80 Å². The van der Waals surface area contributed by atoms with E-state index in [1.54, 1.807) is 0 Å². The quantitative estimate of drug-likeness (QED) is 0.743. The number of methoxy groups -OCH3 is 2. The van der Waals surface area contributed by atoms with Crippen LogP contribution in [0.1, 0.15) is 10.4 Å². The van der Waals surface area contributed by atoms with E-state index in [9.17, 15) is 9.59 Å². The Labute approximate surface area is 129 Å². The summed E-state index contributed by atoms with van der Waals surface area (Å²) in [5.74, 6) is -0.436. The van der Waals surface area contributed by atoms with Crippen molar-refractivity contribution in [3.8, 4) is 22.3 Å². The highest BCUT2D eigenvalue weighted by Gasteiger charge is 2.19. The van der Waals surface area contributed by atoms with Crippen LogP contribution in [0, 0.1) is 0 Å². The first-order chi connectivity index (χ1) is 10.5. The Morgan fingerprint density at radius 1 is 1.27 bits per heavy atom. The van der Waals surface area contributed by atoms with Crippen molar-refractivity contribution in [3.63, 3.8) is 0 Å². The molecule has 116 valence electrons. The molecule has 0 radical (unpaired) electrons. The summed E-state index contributed by atoms with van der Waals surface area (Å²) in [6.07, 6.45) is 1.48. The number of nitrogens with zero attached hydrogens (tertiary/aromatic N) is 2. The predicted molar refractivity (Wildman–Crippen MR) is 80.2 cm³/mol. The number of nitrogens with one attached hydrogen (secondary N) is 1. The van der Waals surface area contributed by atoms with E-state index in [1.165, 1.54) is 26.5 Å². The third-order valence-electron chi connectivity index (χ3n) is 2.61. The Morgan fingerprint density at radius 3 is 2.55 bits per heavy atom. The largest absolute Gasteiger partial charge is 0.480 e. The smallest absolute Gasteiger partial charge is 0.319 e. The first kappa shape index (κ1) is 15.5. The molecule has 0 aliphatic heterocycles. The number of anilines is 1. The number of hydrogen-bond donors (Lipinski definition) is 3. The number of urea groups is 1. The van der Waals surface area contributed by atoms with Crippen molar-refractivity contribution in [2.45, 2.75) is 0 Å². The summed E-state index contributed by atoms with van der Waals surface area (Å²) in [5, 5.41) is 2.60. The average molecular weight is 323 g/mol. The van der Waals surface area contributed by atoms with Gasteiger partial charge in [0.25, 0.3) is 5.91 Å². The molecule has 5 N–H and O–H groups in total. The van der Waals surface area contributed by atoms with Crippen LogP contribution in [-0.4, -0.2) is 36.1 Å². The highest BCUT2D eigenvalue weighted by molar-refractivity contribution is 7.20. The standard InChI is InChI=1S/C12H13N5O4S/c1-20-9-6(4-15-12(16-9)21-2)7-3-5(8(13)18)10(22-7)17-11(14)19/h3-4H,1-2H3,(H2,13,18)(H3,14,17,19). The second kappa shape index (κ2) is 6.26. The summed E-state index contributed by atoms with van der Waals surface area (Å²) < 4.78 is 10.1. The maximum Gasteiger partial charge on any atom is 0.319 e. The second-order valence-corrected chi connectivity index (χ2v) is 5.04. The molecular weight excluding hydrogens is 310 g/mol. The molecule has 0 aromatic carbocycles. The number of amides is 3. The van der Waals surface area contributed by atoms with E-state index >= 15 is 0 Å². The zero-order chi connectivity index (χ0) is 16.3. The minimum atomic E-state index is -0.797. The molecule has 10 heteroatoms. The van der Waals surface area contributed by atoms with Gasteiger partial charge in [0.1, 0.15) is 5.00 Å². The van der Waals surface area contributed by atoms with Crippen LogP contribution in [0.3, 0.4) is 0 Å². The predicted octanol–water partition coefficient (Wildman–Crippen LogP) is 0.812. The van der Waals surface area contributed by atoms with Crippen LogP contribution in [0.2, 0.25) is 0 Å². The van der Waals surface area contributed by atoms with Crippen LogP contribution < -0.4 is 26.3 Å². The number of primary amides is 2. The fourth-order valence-electron chi connectivity index (χ4n) is 1.69. The Hall–Kier alpha value is -2.88. The summed E-state index contributed by atoms with van der Waals surface area (Å²) in [6.45, 7) is 0. The molecule has 0 atom stereocenters. The molecule has 3 amide bonds. The van der Waals surface area contributed by atoms with Crippen molar-refractivity contribution < 1.29 is 19.1 Å². The molecule has 0 spiro atoms. The summed E-state index contributed by atoms with van der Waals surface area (Å²) >= 11 is 1.10. The minimum Gasteiger partial charge on any atom is -0.480 e. The molecule has 0 fully saturated rings. The number of carbonyl (C=O) groups is 2. The van der Waals surface area contributed by atoms with Gasteiger partial charge in [0, 0.05) is 11.1 Å². The van der Waals surface area contributed by atoms with Gasteiger partial charge in [-0.15, -0.1) is 11.3 Å². The topological polar surface area (TPSA) is 142 Å². The van der Waals surface area contributed by atoms with Gasteiger partial charge in [0.05, 0.1) is 25.3 Å². The molecular formula is C12H13N5O4S. The molecule has 22 heavy (non-hydrogen) atoms. The van der Waals surface area contributed by atoms with Gasteiger partial charge in [-0.1, -0.05) is 0 Å². The van der Waals surface area contributed by atoms with E-state index in [2.05, 4.69) is 15.3 Å². The Balaban J connectivity index is 2.53. The fourth-order valence-corrected chi connectivity index (χ4v) is 2.75. The third-order valence-corrected chi connectivity index (χ3v) is 3.69. The van der Waals surface area contributed by atoms with Gasteiger partial charge < -0.3 is 20.9 Å². The zero-order valence-corrected chi connectivity index (χ0v) is 12.6. The maximum absolute atomic E-state index is 11.5. The van der Waals surface area contributed by atoms with E-state index in [4.69, 9.17) is 20.9 Å². The van der Waals surface area contributed by atoms with Crippen molar-refractivity contribution >= 4 is 28.3 Å². The van der Waals surface area contributed by atoms with Gasteiger partial charge in [0.2, 0.25) is 5.88 Å². The van der Waals surface area contributed by atoms with Crippen molar-refractivity contribution in [2.75, 3.05) is 19.5 Å². The lowest BCUT2D eigenvalue weighted by atomic mass is 10.2. The number of hydrogen-bond acceptors (Lipinski definition) is 7. The number of carbonyl (C=O) groups excluding carboxylic acids is 2. The van der Waals surface area contributed by atoms with E-state index in [-0.39, 0.29) is 22.5 Å². The first-order valence-electron chi connectivity index (χ1n) is 5.91. The maximum atomic E-state index is 11.5. The summed E-state index contributed by atoms with van der Waals surface area (Å²) in [7, 11) is 2.87. The summed E-state index contributed by atoms with van der Waals surface area (Å²) in [5.41, 5.74) is 11.0. The molecule has 2 aromatic rings. The van der Waals surface area contributed by atoms with Crippen LogP contribution in [0.5, 0.6) is 11.9 Å². The number of thiophene rings is 1. The SMILES string of the molecule is COc1ncc(-c2cc(C(N)=O)c(NC(N)=O)s2)c(OC)n1. The number of nitrogens with two attached hydrogens (primary N) is 2. The molecule has 0 aliphatic rings. The Kier molecular flexibility index (Phi) is 4.41. The first-order valence-corrected chi connectivity index (χ1v) is 6.73. The second-order valence-electron chi connectivity index (χ2n) is 3.99. The van der Waals surface area contributed by atoms with Crippen LogP contribution in [0.15, 0.2) is 12.3 Å². The fraction of sp³-hybridized carbons (Fsp3) is 0.167. The van der Waals surface area contributed by atoms with Crippen molar-refractivity contribution in [3.05, 3.63) is 17.8 Å². The lowest BCUT2D eigenvalue weighted by Gasteiger charge is -2.06. The molecule has 0 saturated carbocycles. The van der Waals surface area contributed by atoms with E-state index in [1.807, 2.05) is 0 Å². The minimum absolute atomic E-state index is 0.136. The molecule has 2 aromatic heterocycles. The normalized spacial score (nSPS) is 10.1. The zero-order valence-electron chi connectivity index (χ0n) is 11.7. The van der Waals surface area contributed by atoms with Gasteiger partial charge in [-0.05, 0) is 6.07 Å². The third kappa shape index (κ3) is 3.06. The molecule has 0 bridgehead atoms. The molecule has 9 nitrogen and oxygen atoms in total. The Bertz CT molecular complexity index is 730. The van der Waals surface area contributed by atoms with Gasteiger partial charge in [-0.3, -0.25) is 10.1 Å². The lowest BCUT2D eigenvalue weighted by Crippen LogP contribution is -2.21. The molecule has 0 unspecified atom stereocenters. The van der Waals surface area contributed by atoms with E-state index in [0.29, 0.717) is 10.4 Å². The number of rotatable bonds is 5. The summed E-state index contributed by atoms with van der Waals surface area (Å²) in [4.78, 5) is 31.1. The molecule has 0 saturated heterocycles. The molecule has 2 rings (SSSR count). The lowest BCUT2D eigenvalue weighted by molar-refractivity contribution is 0.100. The Morgan fingerprint density at radius 2 is 2.00 bits per heavy atom. The van der Waals surface area contributed by atoms with Gasteiger partial charge >= 0.3 is 12.0 Å². The van der Waals surface area contributed by atoms with Gasteiger partial charge in [-0.2, -0.15) is 4.98 Å². The highest BCUT2D eigenvalue weighted by Crippen LogP contribution is 2.38. The van der Waals surface area contributed by atoms with Crippen LogP contribution >= 0.6 is 11.3 Å².